The van der Waals surface area contributed by atoms with E-state index in [2.05, 4.69) is 5.10 Å². The van der Waals surface area contributed by atoms with Crippen LogP contribution in [0.2, 0.25) is 0 Å². The summed E-state index contributed by atoms with van der Waals surface area (Å²) < 4.78 is 24.8. The molecule has 0 saturated heterocycles. The Hall–Kier alpha value is -2.15. The molecule has 1 aromatic carbocycles. The summed E-state index contributed by atoms with van der Waals surface area (Å²) >= 11 is 0. The number of aryl methyl sites for hydroxylation is 1. The fourth-order valence-corrected chi connectivity index (χ4v) is 2.66. The second kappa shape index (κ2) is 5.09. The number of rotatable bonds is 4. The Balaban J connectivity index is 2.40. The Morgan fingerprint density at radius 3 is 2.35 bits per heavy atom. The van der Waals surface area contributed by atoms with Crippen molar-refractivity contribution in [3.8, 4) is 5.69 Å². The molecular weight excluding hydrogens is 280 g/mol. The normalized spacial score (nSPS) is 11.5. The van der Waals surface area contributed by atoms with Crippen LogP contribution in [0.4, 0.5) is 0 Å². The van der Waals surface area contributed by atoms with E-state index in [4.69, 9.17) is 5.11 Å². The lowest BCUT2D eigenvalue weighted by Crippen LogP contribution is -2.04. The third-order valence-corrected chi connectivity index (χ3v) is 4.72. The molecule has 0 aliphatic carbocycles. The summed E-state index contributed by atoms with van der Waals surface area (Å²) in [5.74, 6) is -1.00. The van der Waals surface area contributed by atoms with Crippen molar-refractivity contribution in [1.29, 1.82) is 0 Å². The molecule has 0 saturated carbocycles. The SMILES string of the molecule is CCS(=O)(=O)c1ccc(-n2cc(C(=O)O)c(C)n2)cc1. The first-order valence-corrected chi connectivity index (χ1v) is 7.63. The minimum absolute atomic E-state index is 0.0381. The van der Waals surface area contributed by atoms with Crippen LogP contribution < -0.4 is 0 Å². The van der Waals surface area contributed by atoms with Crippen LogP contribution in [0.1, 0.15) is 23.0 Å². The molecule has 0 spiro atoms. The molecule has 20 heavy (non-hydrogen) atoms. The highest BCUT2D eigenvalue weighted by molar-refractivity contribution is 7.91. The second-order valence-electron chi connectivity index (χ2n) is 4.28. The maximum absolute atomic E-state index is 11.7. The number of sulfone groups is 1. The molecule has 0 aliphatic rings. The molecule has 1 heterocycles. The summed E-state index contributed by atoms with van der Waals surface area (Å²) in [7, 11) is -3.24. The van der Waals surface area contributed by atoms with Crippen LogP contribution in [-0.4, -0.2) is 35.0 Å². The van der Waals surface area contributed by atoms with E-state index in [0.29, 0.717) is 11.4 Å². The van der Waals surface area contributed by atoms with Gasteiger partial charge in [-0.3, -0.25) is 0 Å². The Bertz CT molecular complexity index is 745. The maximum atomic E-state index is 11.7. The van der Waals surface area contributed by atoms with E-state index in [0.717, 1.165) is 0 Å². The highest BCUT2D eigenvalue weighted by Crippen LogP contribution is 2.16. The molecule has 0 atom stereocenters. The number of aromatic carboxylic acids is 1. The summed E-state index contributed by atoms with van der Waals surface area (Å²) in [6, 6.07) is 6.18. The van der Waals surface area contributed by atoms with Crippen LogP contribution in [0.15, 0.2) is 35.4 Å². The minimum Gasteiger partial charge on any atom is -0.478 e. The number of carboxylic acid groups (broad SMARTS) is 1. The predicted molar refractivity (Wildman–Crippen MR) is 73.0 cm³/mol. The third kappa shape index (κ3) is 2.57. The average molecular weight is 294 g/mol. The van der Waals surface area contributed by atoms with Gasteiger partial charge in [0.1, 0.15) is 5.56 Å². The first-order valence-electron chi connectivity index (χ1n) is 5.98. The van der Waals surface area contributed by atoms with Gasteiger partial charge in [0.15, 0.2) is 9.84 Å². The van der Waals surface area contributed by atoms with E-state index in [1.165, 1.54) is 23.0 Å². The number of nitrogens with zero attached hydrogens (tertiary/aromatic N) is 2. The first-order chi connectivity index (χ1) is 9.35. The molecule has 0 radical (unpaired) electrons. The van der Waals surface area contributed by atoms with Gasteiger partial charge in [-0.15, -0.1) is 0 Å². The van der Waals surface area contributed by atoms with Crippen molar-refractivity contribution in [1.82, 2.24) is 9.78 Å². The monoisotopic (exact) mass is 294 g/mol. The number of aromatic nitrogens is 2. The maximum Gasteiger partial charge on any atom is 0.339 e. The van der Waals surface area contributed by atoms with Gasteiger partial charge in [0.05, 0.1) is 22.0 Å². The second-order valence-corrected chi connectivity index (χ2v) is 6.55. The van der Waals surface area contributed by atoms with Crippen molar-refractivity contribution in [2.45, 2.75) is 18.7 Å². The topological polar surface area (TPSA) is 89.3 Å². The Morgan fingerprint density at radius 1 is 1.30 bits per heavy atom. The minimum atomic E-state index is -3.24. The average Bonchev–Trinajstić information content (AvgIpc) is 2.81. The quantitative estimate of drug-likeness (QED) is 0.926. The zero-order valence-electron chi connectivity index (χ0n) is 11.1. The molecule has 106 valence electrons. The fourth-order valence-electron chi connectivity index (χ4n) is 1.78. The highest BCUT2D eigenvalue weighted by atomic mass is 32.2. The summed E-state index contributed by atoms with van der Waals surface area (Å²) in [4.78, 5) is 11.2. The predicted octanol–water partition coefficient (Wildman–Crippen LogP) is 1.67. The molecule has 1 N–H and O–H groups in total. The number of hydrogen-bond acceptors (Lipinski definition) is 4. The lowest BCUT2D eigenvalue weighted by atomic mass is 10.3. The van der Waals surface area contributed by atoms with Gasteiger partial charge >= 0.3 is 5.97 Å². The van der Waals surface area contributed by atoms with Gasteiger partial charge in [-0.25, -0.2) is 17.9 Å². The smallest absolute Gasteiger partial charge is 0.339 e. The molecule has 6 nitrogen and oxygen atoms in total. The van der Waals surface area contributed by atoms with Gasteiger partial charge < -0.3 is 5.11 Å². The Morgan fingerprint density at radius 2 is 1.90 bits per heavy atom. The molecule has 0 bridgehead atoms. The van der Waals surface area contributed by atoms with Gasteiger partial charge in [0.2, 0.25) is 0 Å². The first kappa shape index (κ1) is 14.3. The Labute approximate surface area is 116 Å². The van der Waals surface area contributed by atoms with Crippen LogP contribution in [0.25, 0.3) is 5.69 Å². The molecule has 0 amide bonds. The largest absolute Gasteiger partial charge is 0.478 e. The molecule has 0 unspecified atom stereocenters. The van der Waals surface area contributed by atoms with Crippen LogP contribution in [0, 0.1) is 6.92 Å². The zero-order chi connectivity index (χ0) is 14.9. The third-order valence-electron chi connectivity index (χ3n) is 2.97. The van der Waals surface area contributed by atoms with Crippen molar-refractivity contribution >= 4 is 15.8 Å². The number of benzene rings is 1. The zero-order valence-corrected chi connectivity index (χ0v) is 11.9. The van der Waals surface area contributed by atoms with Crippen molar-refractivity contribution in [2.24, 2.45) is 0 Å². The highest BCUT2D eigenvalue weighted by Gasteiger charge is 2.14. The Kier molecular flexibility index (Phi) is 3.63. The molecule has 0 fully saturated rings. The molecule has 2 aromatic rings. The van der Waals surface area contributed by atoms with E-state index >= 15 is 0 Å². The van der Waals surface area contributed by atoms with Crippen LogP contribution in [-0.2, 0) is 9.84 Å². The summed E-state index contributed by atoms with van der Waals surface area (Å²) in [5.41, 5.74) is 1.13. The van der Waals surface area contributed by atoms with E-state index in [1.54, 1.807) is 26.0 Å². The molecule has 7 heteroatoms. The van der Waals surface area contributed by atoms with Crippen LogP contribution >= 0.6 is 0 Å². The van der Waals surface area contributed by atoms with Crippen molar-refractivity contribution in [3.63, 3.8) is 0 Å². The fraction of sp³-hybridized carbons (Fsp3) is 0.231. The molecule has 1 aromatic heterocycles. The lowest BCUT2D eigenvalue weighted by Gasteiger charge is -2.04. The van der Waals surface area contributed by atoms with Crippen molar-refractivity contribution in [2.75, 3.05) is 5.75 Å². The number of hydrogen-bond donors (Lipinski definition) is 1. The summed E-state index contributed by atoms with van der Waals surface area (Å²) in [5, 5.41) is 13.1. The van der Waals surface area contributed by atoms with Gasteiger partial charge in [-0.1, -0.05) is 6.92 Å². The molecular formula is C13H14N2O4S. The lowest BCUT2D eigenvalue weighted by molar-refractivity contribution is 0.0696. The van der Waals surface area contributed by atoms with Gasteiger partial charge in [0, 0.05) is 6.20 Å². The summed E-state index contributed by atoms with van der Waals surface area (Å²) in [6.07, 6.45) is 1.40. The van der Waals surface area contributed by atoms with E-state index in [9.17, 15) is 13.2 Å². The summed E-state index contributed by atoms with van der Waals surface area (Å²) in [6.45, 7) is 3.19. The van der Waals surface area contributed by atoms with Gasteiger partial charge in [-0.2, -0.15) is 5.10 Å². The standard InChI is InChI=1S/C13H14N2O4S/c1-3-20(18,19)11-6-4-10(5-7-11)15-8-12(13(16)17)9(2)14-15/h4-8H,3H2,1-2H3,(H,16,17). The molecule has 0 aliphatic heterocycles. The van der Waals surface area contributed by atoms with Crippen molar-refractivity contribution in [3.05, 3.63) is 41.7 Å². The van der Waals surface area contributed by atoms with E-state index < -0.39 is 15.8 Å². The van der Waals surface area contributed by atoms with Gasteiger partial charge in [0.25, 0.3) is 0 Å². The van der Waals surface area contributed by atoms with Gasteiger partial charge in [-0.05, 0) is 31.2 Å². The van der Waals surface area contributed by atoms with E-state index in [-0.39, 0.29) is 16.2 Å². The van der Waals surface area contributed by atoms with Crippen LogP contribution in [0.3, 0.4) is 0 Å². The number of carboxylic acids is 1. The van der Waals surface area contributed by atoms with Crippen molar-refractivity contribution < 1.29 is 18.3 Å². The number of carbonyl (C=O) groups is 1. The van der Waals surface area contributed by atoms with Crippen LogP contribution in [0.5, 0.6) is 0 Å². The van der Waals surface area contributed by atoms with E-state index in [1.807, 2.05) is 0 Å². The molecule has 2 rings (SSSR count).